The van der Waals surface area contributed by atoms with E-state index in [9.17, 15) is 27.6 Å². The van der Waals surface area contributed by atoms with E-state index < -0.39 is 53.0 Å². The van der Waals surface area contributed by atoms with Crippen molar-refractivity contribution in [2.24, 2.45) is 0 Å². The highest BCUT2D eigenvalue weighted by Crippen LogP contribution is 2.40. The third kappa shape index (κ3) is 6.93. The van der Waals surface area contributed by atoms with Gasteiger partial charge in [0, 0.05) is 5.56 Å². The number of esters is 1. The molecule has 6 rings (SSSR count). The second-order valence-corrected chi connectivity index (χ2v) is 14.9. The van der Waals surface area contributed by atoms with E-state index in [-0.39, 0.29) is 46.2 Å². The molecule has 0 saturated carbocycles. The number of oxazole rings is 1. The molecule has 11 nitrogen and oxygen atoms in total. The SMILES string of the molecule is Cc1c(-c2ncco2)sc2c1c(=O)n(C(C)(C)C(=O)OC(C)(C)C)c(=O)n2C[C@H](OC1C[C@H]2CC[C@H](C1)O2)c1cc(F)ccc1OC(F)F. The maximum absolute atomic E-state index is 14.8. The minimum absolute atomic E-state index is 0.0513. The molecule has 1 aromatic carbocycles. The van der Waals surface area contributed by atoms with Crippen molar-refractivity contribution in [1.29, 1.82) is 0 Å². The van der Waals surface area contributed by atoms with Crippen LogP contribution in [0.3, 0.4) is 0 Å². The minimum atomic E-state index is -3.22. The second-order valence-electron chi connectivity index (χ2n) is 13.9. The van der Waals surface area contributed by atoms with Crippen molar-refractivity contribution in [1.82, 2.24) is 14.1 Å². The average molecular weight is 706 g/mol. The maximum Gasteiger partial charge on any atom is 0.387 e. The van der Waals surface area contributed by atoms with E-state index in [1.54, 1.807) is 27.7 Å². The Bertz CT molecular complexity index is 1970. The first-order valence-corrected chi connectivity index (χ1v) is 16.8. The van der Waals surface area contributed by atoms with Crippen LogP contribution in [0, 0.1) is 12.7 Å². The minimum Gasteiger partial charge on any atom is -0.458 e. The highest BCUT2D eigenvalue weighted by Gasteiger charge is 2.41. The van der Waals surface area contributed by atoms with Gasteiger partial charge in [-0.05, 0) is 91.0 Å². The van der Waals surface area contributed by atoms with Crippen LogP contribution >= 0.6 is 11.3 Å². The molecule has 2 aliphatic heterocycles. The van der Waals surface area contributed by atoms with Gasteiger partial charge in [-0.15, -0.1) is 11.3 Å². The summed E-state index contributed by atoms with van der Waals surface area (Å²) in [5, 5.41) is 0.112. The third-order valence-corrected chi connectivity index (χ3v) is 10.1. The van der Waals surface area contributed by atoms with Crippen LogP contribution in [0.15, 0.2) is 44.7 Å². The van der Waals surface area contributed by atoms with Gasteiger partial charge in [0.1, 0.15) is 39.9 Å². The summed E-state index contributed by atoms with van der Waals surface area (Å²) in [6, 6.07) is 3.12. The zero-order chi connectivity index (χ0) is 35.4. The van der Waals surface area contributed by atoms with E-state index >= 15 is 0 Å². The summed E-state index contributed by atoms with van der Waals surface area (Å²) in [5.74, 6) is -1.68. The van der Waals surface area contributed by atoms with E-state index in [0.717, 1.165) is 46.9 Å². The molecule has 2 aliphatic rings. The zero-order valence-corrected chi connectivity index (χ0v) is 28.8. The van der Waals surface area contributed by atoms with Gasteiger partial charge in [0.05, 0.1) is 41.3 Å². The van der Waals surface area contributed by atoms with E-state index in [1.807, 2.05) is 0 Å². The molecule has 0 aliphatic carbocycles. The smallest absolute Gasteiger partial charge is 0.387 e. The topological polar surface area (TPSA) is 124 Å². The first kappa shape index (κ1) is 34.9. The lowest BCUT2D eigenvalue weighted by Crippen LogP contribution is -2.54. The lowest BCUT2D eigenvalue weighted by molar-refractivity contribution is -0.164. The largest absolute Gasteiger partial charge is 0.458 e. The number of nitrogens with zero attached hydrogens (tertiary/aromatic N) is 3. The fraction of sp³-hybridized carbons (Fsp3) is 0.529. The summed E-state index contributed by atoms with van der Waals surface area (Å²) in [6.07, 6.45) is 3.79. The molecule has 0 radical (unpaired) electrons. The van der Waals surface area contributed by atoms with Crippen molar-refractivity contribution in [2.45, 2.75) is 116 Å². The summed E-state index contributed by atoms with van der Waals surface area (Å²) in [5.41, 5.74) is -3.97. The molecule has 5 heterocycles. The third-order valence-electron chi connectivity index (χ3n) is 8.78. The van der Waals surface area contributed by atoms with Crippen molar-refractivity contribution >= 4 is 27.5 Å². The molecule has 2 fully saturated rings. The van der Waals surface area contributed by atoms with Gasteiger partial charge in [-0.25, -0.2) is 23.5 Å². The number of alkyl halides is 2. The lowest BCUT2D eigenvalue weighted by atomic mass is 10.0. The van der Waals surface area contributed by atoms with E-state index in [4.69, 9.17) is 23.4 Å². The number of rotatable bonds is 10. The summed E-state index contributed by atoms with van der Waals surface area (Å²) in [4.78, 5) is 47.3. The summed E-state index contributed by atoms with van der Waals surface area (Å²) in [7, 11) is 0. The van der Waals surface area contributed by atoms with Crippen LogP contribution < -0.4 is 16.0 Å². The number of benzene rings is 1. The van der Waals surface area contributed by atoms with Gasteiger partial charge in [-0.2, -0.15) is 8.78 Å². The number of thiophene rings is 1. The van der Waals surface area contributed by atoms with Crippen LogP contribution in [0.25, 0.3) is 21.0 Å². The average Bonchev–Trinajstić information content (AvgIpc) is 3.73. The fourth-order valence-electron chi connectivity index (χ4n) is 6.54. The summed E-state index contributed by atoms with van der Waals surface area (Å²) >= 11 is 1.06. The van der Waals surface area contributed by atoms with Crippen molar-refractivity contribution in [3.63, 3.8) is 0 Å². The van der Waals surface area contributed by atoms with E-state index in [2.05, 4.69) is 4.98 Å². The van der Waals surface area contributed by atoms with Gasteiger partial charge in [0.25, 0.3) is 5.56 Å². The number of ether oxygens (including phenoxy) is 4. The van der Waals surface area contributed by atoms with Gasteiger partial charge in [0.2, 0.25) is 5.89 Å². The number of halogens is 3. The molecule has 0 spiro atoms. The van der Waals surface area contributed by atoms with Gasteiger partial charge < -0.3 is 23.4 Å². The normalized spacial score (nSPS) is 20.2. The molecule has 4 aromatic rings. The number of aromatic nitrogens is 3. The molecule has 0 N–H and O–H groups in total. The number of hydrogen-bond acceptors (Lipinski definition) is 10. The van der Waals surface area contributed by atoms with Crippen LogP contribution in [-0.4, -0.2) is 50.6 Å². The number of carbonyl (C=O) groups is 1. The standard InChI is InChI=1S/C34H38F3N3O8S/c1-17-25-28(41)40(34(5,6)30(42)48-33(2,3)4)32(43)39(29(25)49-26(17)27-38-11-12-44-27)16-24(46-21-14-19-8-9-20(15-21)45-19)22-13-18(35)7-10-23(22)47-31(36)37/h7,10-13,19-21,24,31H,8-9,14-16H2,1-6H3/t19-,20-,24+/m1/s1. The summed E-state index contributed by atoms with van der Waals surface area (Å²) < 4.78 is 72.7. The van der Waals surface area contributed by atoms with E-state index in [0.29, 0.717) is 23.3 Å². The lowest BCUT2D eigenvalue weighted by Gasteiger charge is -2.33. The molecule has 15 heteroatoms. The first-order chi connectivity index (χ1) is 23.0. The summed E-state index contributed by atoms with van der Waals surface area (Å²) in [6.45, 7) is 5.90. The molecular formula is C34H38F3N3O8S. The van der Waals surface area contributed by atoms with Crippen molar-refractivity contribution in [2.75, 3.05) is 0 Å². The molecular weight excluding hydrogens is 667 g/mol. The Kier molecular flexibility index (Phi) is 9.30. The number of hydrogen-bond donors (Lipinski definition) is 0. The Hall–Kier alpha value is -3.95. The highest BCUT2D eigenvalue weighted by atomic mass is 32.1. The second kappa shape index (κ2) is 13.1. The molecule has 2 saturated heterocycles. The first-order valence-electron chi connectivity index (χ1n) is 16.0. The zero-order valence-electron chi connectivity index (χ0n) is 28.0. The predicted molar refractivity (Wildman–Crippen MR) is 174 cm³/mol. The monoisotopic (exact) mass is 705 g/mol. The van der Waals surface area contributed by atoms with Gasteiger partial charge >= 0.3 is 18.3 Å². The Morgan fingerprint density at radius 1 is 1.12 bits per heavy atom. The van der Waals surface area contributed by atoms with Crippen LogP contribution in [-0.2, 0) is 31.1 Å². The quantitative estimate of drug-likeness (QED) is 0.171. The molecule has 264 valence electrons. The number of aryl methyl sites for hydroxylation is 1. The van der Waals surface area contributed by atoms with Gasteiger partial charge in [-0.1, -0.05) is 0 Å². The molecule has 3 atom stereocenters. The van der Waals surface area contributed by atoms with Crippen molar-refractivity contribution < 1.29 is 41.3 Å². The van der Waals surface area contributed by atoms with E-state index in [1.165, 1.54) is 30.9 Å². The molecule has 49 heavy (non-hydrogen) atoms. The van der Waals surface area contributed by atoms with Crippen molar-refractivity contribution in [3.8, 4) is 16.5 Å². The maximum atomic E-state index is 14.8. The fourth-order valence-corrected chi connectivity index (χ4v) is 7.78. The van der Waals surface area contributed by atoms with Crippen LogP contribution in [0.4, 0.5) is 13.2 Å². The molecule has 0 unspecified atom stereocenters. The molecule has 2 bridgehead atoms. The molecule has 3 aromatic heterocycles. The number of carbonyl (C=O) groups excluding carboxylic acids is 1. The van der Waals surface area contributed by atoms with Gasteiger partial charge in [-0.3, -0.25) is 9.36 Å². The van der Waals surface area contributed by atoms with Crippen LogP contribution in [0.2, 0.25) is 0 Å². The Balaban J connectivity index is 1.57. The Morgan fingerprint density at radius 2 is 1.82 bits per heavy atom. The molecule has 0 amide bonds. The number of fused-ring (bicyclic) bond motifs is 3. The highest BCUT2D eigenvalue weighted by molar-refractivity contribution is 7.22. The predicted octanol–water partition coefficient (Wildman–Crippen LogP) is 6.47. The van der Waals surface area contributed by atoms with Crippen LogP contribution in [0.1, 0.15) is 77.5 Å². The Morgan fingerprint density at radius 3 is 2.43 bits per heavy atom. The van der Waals surface area contributed by atoms with Crippen molar-refractivity contribution in [3.05, 3.63) is 68.4 Å². The van der Waals surface area contributed by atoms with Gasteiger partial charge in [0.15, 0.2) is 0 Å². The Labute approximate surface area is 283 Å². The van der Waals surface area contributed by atoms with Crippen LogP contribution in [0.5, 0.6) is 5.75 Å².